The van der Waals surface area contributed by atoms with Crippen molar-refractivity contribution >= 4 is 35.2 Å². The first-order valence-electron chi connectivity index (χ1n) is 10.5. The zero-order chi connectivity index (χ0) is 24.8. The molecule has 180 valence electrons. The summed E-state index contributed by atoms with van der Waals surface area (Å²) >= 11 is 0. The van der Waals surface area contributed by atoms with Crippen LogP contribution in [0.4, 0.5) is 16.2 Å². The smallest absolute Gasteiger partial charge is 0.411 e. The van der Waals surface area contributed by atoms with Crippen LogP contribution < -0.4 is 21.3 Å². The van der Waals surface area contributed by atoms with Crippen LogP contribution in [0.2, 0.25) is 0 Å². The molecule has 1 aliphatic rings. The number of rotatable bonds is 9. The van der Waals surface area contributed by atoms with Crippen molar-refractivity contribution in [2.75, 3.05) is 11.9 Å². The third kappa shape index (κ3) is 7.83. The molecule has 0 radical (unpaired) electrons. The van der Waals surface area contributed by atoms with Crippen LogP contribution in [-0.2, 0) is 19.1 Å². The number of nitrogens with zero attached hydrogens (tertiary/aromatic N) is 1. The van der Waals surface area contributed by atoms with Gasteiger partial charge in [0.1, 0.15) is 6.61 Å². The molecule has 1 saturated heterocycles. The van der Waals surface area contributed by atoms with Gasteiger partial charge in [-0.2, -0.15) is 0 Å². The van der Waals surface area contributed by atoms with Gasteiger partial charge in [0.15, 0.2) is 0 Å². The zero-order valence-electron chi connectivity index (χ0n) is 19.0. The number of anilines is 1. The topological polar surface area (TPSA) is 169 Å². The van der Waals surface area contributed by atoms with Crippen LogP contribution >= 0.6 is 0 Å². The molecule has 0 saturated carbocycles. The molecule has 0 aromatic heterocycles. The number of imide groups is 1. The number of nitrogens with one attached hydrogen (secondary N) is 4. The van der Waals surface area contributed by atoms with Gasteiger partial charge in [-0.1, -0.05) is 13.8 Å². The number of non-ortho nitro benzene ring substituents is 1. The average Bonchev–Trinajstić information content (AvgIpc) is 2.71. The number of nitro benzene ring substituents is 1. The van der Waals surface area contributed by atoms with E-state index in [-0.39, 0.29) is 36.4 Å². The third-order valence-electron chi connectivity index (χ3n) is 4.92. The summed E-state index contributed by atoms with van der Waals surface area (Å²) in [7, 11) is 0. The number of nitro groups is 1. The lowest BCUT2D eigenvalue weighted by Crippen LogP contribution is -2.60. The van der Waals surface area contributed by atoms with E-state index in [2.05, 4.69) is 21.3 Å². The lowest BCUT2D eigenvalue weighted by Gasteiger charge is -2.32. The van der Waals surface area contributed by atoms with E-state index in [1.54, 1.807) is 13.8 Å². The molecule has 1 unspecified atom stereocenters. The first-order chi connectivity index (χ1) is 15.4. The van der Waals surface area contributed by atoms with E-state index in [0.717, 1.165) is 0 Å². The average molecular weight is 463 g/mol. The maximum absolute atomic E-state index is 12.9. The first kappa shape index (κ1) is 25.7. The summed E-state index contributed by atoms with van der Waals surface area (Å²) < 4.78 is 5.19. The van der Waals surface area contributed by atoms with Crippen LogP contribution in [-0.4, -0.2) is 53.0 Å². The fourth-order valence-electron chi connectivity index (χ4n) is 3.15. The monoisotopic (exact) mass is 463 g/mol. The Balaban J connectivity index is 1.89. The minimum atomic E-state index is -0.927. The van der Waals surface area contributed by atoms with Crippen LogP contribution in [0.25, 0.3) is 0 Å². The minimum absolute atomic E-state index is 0.108. The minimum Gasteiger partial charge on any atom is -0.447 e. The van der Waals surface area contributed by atoms with E-state index in [9.17, 15) is 29.3 Å². The Kier molecular flexibility index (Phi) is 8.46. The predicted molar refractivity (Wildman–Crippen MR) is 118 cm³/mol. The zero-order valence-corrected chi connectivity index (χ0v) is 19.0. The summed E-state index contributed by atoms with van der Waals surface area (Å²) in [6.45, 7) is 6.84. The van der Waals surface area contributed by atoms with Crippen molar-refractivity contribution in [3.05, 3.63) is 34.4 Å². The lowest BCUT2D eigenvalue weighted by atomic mass is 9.97. The van der Waals surface area contributed by atoms with Gasteiger partial charge in [0.05, 0.1) is 22.5 Å². The van der Waals surface area contributed by atoms with Gasteiger partial charge in [-0.15, -0.1) is 0 Å². The number of hydrogen-bond acceptors (Lipinski definition) is 8. The summed E-state index contributed by atoms with van der Waals surface area (Å²) in [5, 5.41) is 21.2. The summed E-state index contributed by atoms with van der Waals surface area (Å²) in [4.78, 5) is 58.4. The van der Waals surface area contributed by atoms with Crippen LogP contribution in [0.1, 0.15) is 40.5 Å². The van der Waals surface area contributed by atoms with Crippen molar-refractivity contribution in [1.82, 2.24) is 16.0 Å². The molecule has 0 bridgehead atoms. The van der Waals surface area contributed by atoms with Gasteiger partial charge < -0.3 is 10.1 Å². The number of piperidine rings is 1. The van der Waals surface area contributed by atoms with Crippen LogP contribution in [0.15, 0.2) is 24.3 Å². The van der Waals surface area contributed by atoms with E-state index < -0.39 is 34.5 Å². The highest BCUT2D eigenvalue weighted by Gasteiger charge is 2.34. The highest BCUT2D eigenvalue weighted by molar-refractivity contribution is 6.00. The molecule has 12 nitrogen and oxygen atoms in total. The van der Waals surface area contributed by atoms with Gasteiger partial charge in [-0.05, 0) is 38.3 Å². The molecular weight excluding hydrogens is 434 g/mol. The summed E-state index contributed by atoms with van der Waals surface area (Å²) in [5.74, 6) is -1.33. The van der Waals surface area contributed by atoms with Gasteiger partial charge in [0, 0.05) is 24.2 Å². The van der Waals surface area contributed by atoms with E-state index in [4.69, 9.17) is 4.74 Å². The molecule has 1 fully saturated rings. The van der Waals surface area contributed by atoms with E-state index in [0.29, 0.717) is 12.1 Å². The van der Waals surface area contributed by atoms with E-state index >= 15 is 0 Å². The molecule has 0 aliphatic carbocycles. The van der Waals surface area contributed by atoms with Crippen molar-refractivity contribution < 1.29 is 28.8 Å². The van der Waals surface area contributed by atoms with Gasteiger partial charge in [0.2, 0.25) is 17.7 Å². The second-order valence-electron chi connectivity index (χ2n) is 8.77. The fraction of sp³-hybridized carbons (Fsp3) is 0.524. The van der Waals surface area contributed by atoms with Gasteiger partial charge in [-0.25, -0.2) is 4.79 Å². The largest absolute Gasteiger partial charge is 0.447 e. The van der Waals surface area contributed by atoms with Crippen molar-refractivity contribution in [2.45, 2.75) is 58.2 Å². The molecule has 1 aromatic carbocycles. The molecule has 0 spiro atoms. The van der Waals surface area contributed by atoms with Crippen LogP contribution in [0.5, 0.6) is 0 Å². The molecule has 2 atom stereocenters. The molecule has 1 aromatic rings. The standard InChI is InChI=1S/C21H29N5O7/c1-12(2)17(23-15-9-10-16(27)24-18(15)28)19(29)25-21(3,4)11-33-20(30)22-13-5-7-14(8-6-13)26(31)32/h5-8,12,15,17,23H,9-11H2,1-4H3,(H,22,30)(H,25,29)(H,24,27,28)/t15-,17?/m0/s1. The second-order valence-corrected chi connectivity index (χ2v) is 8.77. The molecule has 2 rings (SSSR count). The Hall–Kier alpha value is -3.54. The number of amides is 4. The summed E-state index contributed by atoms with van der Waals surface area (Å²) in [6.07, 6.45) is -0.288. The molecule has 1 heterocycles. The van der Waals surface area contributed by atoms with E-state index in [1.165, 1.54) is 24.3 Å². The highest BCUT2D eigenvalue weighted by atomic mass is 16.6. The van der Waals surface area contributed by atoms with Crippen molar-refractivity contribution in [3.63, 3.8) is 0 Å². The quantitative estimate of drug-likeness (QED) is 0.242. The maximum Gasteiger partial charge on any atom is 0.411 e. The Morgan fingerprint density at radius 2 is 1.88 bits per heavy atom. The number of benzene rings is 1. The molecule has 4 amide bonds. The van der Waals surface area contributed by atoms with Crippen molar-refractivity contribution in [2.24, 2.45) is 5.92 Å². The van der Waals surface area contributed by atoms with Gasteiger partial charge in [0.25, 0.3) is 5.69 Å². The molecule has 33 heavy (non-hydrogen) atoms. The number of ether oxygens (including phenoxy) is 1. The number of carbonyl (C=O) groups excluding carboxylic acids is 4. The third-order valence-corrected chi connectivity index (χ3v) is 4.92. The number of carbonyl (C=O) groups is 4. The molecule has 12 heteroatoms. The molecule has 1 aliphatic heterocycles. The molecular formula is C21H29N5O7. The Labute approximate surface area is 191 Å². The van der Waals surface area contributed by atoms with Gasteiger partial charge >= 0.3 is 6.09 Å². The van der Waals surface area contributed by atoms with Crippen molar-refractivity contribution in [1.29, 1.82) is 0 Å². The normalized spacial score (nSPS) is 17.2. The number of hydrogen-bond donors (Lipinski definition) is 4. The maximum atomic E-state index is 12.9. The molecule has 4 N–H and O–H groups in total. The first-order valence-corrected chi connectivity index (χ1v) is 10.5. The SMILES string of the molecule is CC(C)C(N[C@H]1CCC(=O)NC1=O)C(=O)NC(C)(C)COC(=O)Nc1ccc([N+](=O)[O-])cc1. The highest BCUT2D eigenvalue weighted by Crippen LogP contribution is 2.16. The van der Waals surface area contributed by atoms with Crippen molar-refractivity contribution in [3.8, 4) is 0 Å². The fourth-order valence-corrected chi connectivity index (χ4v) is 3.15. The summed E-state index contributed by atoms with van der Waals surface area (Å²) in [5.41, 5.74) is -0.715. The Morgan fingerprint density at radius 1 is 1.24 bits per heavy atom. The Bertz CT molecular complexity index is 914. The van der Waals surface area contributed by atoms with Crippen LogP contribution in [0.3, 0.4) is 0 Å². The second kappa shape index (κ2) is 10.9. The lowest BCUT2D eigenvalue weighted by molar-refractivity contribution is -0.384. The Morgan fingerprint density at radius 3 is 2.42 bits per heavy atom. The predicted octanol–water partition coefficient (Wildman–Crippen LogP) is 1.46. The van der Waals surface area contributed by atoms with Gasteiger partial charge in [-0.3, -0.25) is 40.4 Å². The van der Waals surface area contributed by atoms with Crippen LogP contribution in [0, 0.1) is 16.0 Å². The summed E-state index contributed by atoms with van der Waals surface area (Å²) in [6, 6.07) is 3.89. The van der Waals surface area contributed by atoms with E-state index in [1.807, 2.05) is 13.8 Å².